The molecule has 1 aliphatic rings. The maximum absolute atomic E-state index is 10.9. The summed E-state index contributed by atoms with van der Waals surface area (Å²) in [6, 6.07) is -1.03. The van der Waals surface area contributed by atoms with Crippen LogP contribution >= 0.6 is 0 Å². The molecule has 3 unspecified atom stereocenters. The summed E-state index contributed by atoms with van der Waals surface area (Å²) < 4.78 is 5.27. The van der Waals surface area contributed by atoms with Crippen molar-refractivity contribution >= 4 is 12.1 Å². The molecular formula is C9H15NO5. The van der Waals surface area contributed by atoms with Crippen LogP contribution < -0.4 is 5.32 Å². The van der Waals surface area contributed by atoms with Crippen LogP contribution in [0.2, 0.25) is 0 Å². The Morgan fingerprint density at radius 2 is 2.13 bits per heavy atom. The monoisotopic (exact) mass is 217 g/mol. The first-order valence-electron chi connectivity index (χ1n) is 4.84. The quantitative estimate of drug-likeness (QED) is 0.640. The summed E-state index contributed by atoms with van der Waals surface area (Å²) in [6.07, 6.45) is -0.179. The van der Waals surface area contributed by atoms with Crippen molar-refractivity contribution < 1.29 is 24.5 Å². The van der Waals surface area contributed by atoms with Crippen molar-refractivity contribution in [3.63, 3.8) is 0 Å². The molecule has 6 nitrogen and oxygen atoms in total. The molecule has 3 atom stereocenters. The highest BCUT2D eigenvalue weighted by molar-refractivity contribution is 5.79. The van der Waals surface area contributed by atoms with Crippen molar-refractivity contribution in [1.82, 2.24) is 5.32 Å². The van der Waals surface area contributed by atoms with Gasteiger partial charge in [0.15, 0.2) is 0 Å². The summed E-state index contributed by atoms with van der Waals surface area (Å²) in [4.78, 5) is 21.3. The van der Waals surface area contributed by atoms with Gasteiger partial charge in [0.2, 0.25) is 0 Å². The minimum Gasteiger partial charge on any atom is -0.480 e. The molecule has 1 amide bonds. The highest BCUT2D eigenvalue weighted by atomic mass is 16.5. The zero-order valence-electron chi connectivity index (χ0n) is 8.47. The first kappa shape index (κ1) is 11.8. The van der Waals surface area contributed by atoms with E-state index in [2.05, 4.69) is 0 Å². The topological polar surface area (TPSA) is 95.9 Å². The molecule has 0 aromatic heterocycles. The SMILES string of the molecule is CC1CC(C(NC(=O)O)C(=O)O)CCO1. The molecule has 1 rings (SSSR count). The van der Waals surface area contributed by atoms with Crippen molar-refractivity contribution in [3.05, 3.63) is 0 Å². The van der Waals surface area contributed by atoms with E-state index >= 15 is 0 Å². The second-order valence-corrected chi connectivity index (χ2v) is 3.73. The average Bonchev–Trinajstić information content (AvgIpc) is 2.13. The molecule has 0 radical (unpaired) electrons. The van der Waals surface area contributed by atoms with Crippen LogP contribution in [0.3, 0.4) is 0 Å². The minimum atomic E-state index is -1.30. The number of nitrogens with one attached hydrogen (secondary N) is 1. The first-order chi connectivity index (χ1) is 7.00. The van der Waals surface area contributed by atoms with Gasteiger partial charge in [-0.3, -0.25) is 0 Å². The van der Waals surface area contributed by atoms with Crippen molar-refractivity contribution in [2.45, 2.75) is 31.9 Å². The van der Waals surface area contributed by atoms with E-state index < -0.39 is 18.1 Å². The van der Waals surface area contributed by atoms with E-state index in [0.717, 1.165) is 0 Å². The molecule has 1 aliphatic heterocycles. The predicted molar refractivity (Wildman–Crippen MR) is 50.7 cm³/mol. The number of hydrogen-bond acceptors (Lipinski definition) is 3. The number of carboxylic acid groups (broad SMARTS) is 2. The number of ether oxygens (including phenoxy) is 1. The number of amides is 1. The fraction of sp³-hybridized carbons (Fsp3) is 0.778. The Balaban J connectivity index is 2.61. The Morgan fingerprint density at radius 1 is 1.47 bits per heavy atom. The van der Waals surface area contributed by atoms with Crippen molar-refractivity contribution in [3.8, 4) is 0 Å². The molecule has 0 aliphatic carbocycles. The van der Waals surface area contributed by atoms with Crippen LogP contribution in [0.25, 0.3) is 0 Å². The summed E-state index contributed by atoms with van der Waals surface area (Å²) in [5.74, 6) is -1.32. The van der Waals surface area contributed by atoms with Crippen LogP contribution in [0.15, 0.2) is 0 Å². The second kappa shape index (κ2) is 4.97. The van der Waals surface area contributed by atoms with Crippen LogP contribution in [0.1, 0.15) is 19.8 Å². The van der Waals surface area contributed by atoms with Crippen molar-refractivity contribution in [1.29, 1.82) is 0 Å². The van der Waals surface area contributed by atoms with Crippen LogP contribution in [-0.4, -0.2) is 41.0 Å². The molecule has 1 saturated heterocycles. The Morgan fingerprint density at radius 3 is 2.60 bits per heavy atom. The van der Waals surface area contributed by atoms with E-state index in [9.17, 15) is 9.59 Å². The van der Waals surface area contributed by atoms with Gasteiger partial charge in [-0.2, -0.15) is 0 Å². The molecule has 0 spiro atoms. The Hall–Kier alpha value is -1.30. The molecule has 15 heavy (non-hydrogen) atoms. The van der Waals surface area contributed by atoms with Crippen LogP contribution in [0.4, 0.5) is 4.79 Å². The number of rotatable bonds is 3. The molecule has 0 saturated carbocycles. The largest absolute Gasteiger partial charge is 0.480 e. The summed E-state index contributed by atoms with van der Waals surface area (Å²) in [6.45, 7) is 2.34. The van der Waals surface area contributed by atoms with Gasteiger partial charge in [-0.25, -0.2) is 9.59 Å². The fourth-order valence-electron chi connectivity index (χ4n) is 1.85. The smallest absolute Gasteiger partial charge is 0.405 e. The first-order valence-corrected chi connectivity index (χ1v) is 4.84. The van der Waals surface area contributed by atoms with Crippen LogP contribution in [-0.2, 0) is 9.53 Å². The molecule has 1 fully saturated rings. The average molecular weight is 217 g/mol. The molecule has 86 valence electrons. The summed E-state index contributed by atoms with van der Waals surface area (Å²) >= 11 is 0. The highest BCUT2D eigenvalue weighted by Crippen LogP contribution is 2.23. The highest BCUT2D eigenvalue weighted by Gasteiger charge is 2.33. The van der Waals surface area contributed by atoms with E-state index in [0.29, 0.717) is 19.4 Å². The Bertz CT molecular complexity index is 255. The number of hydrogen-bond donors (Lipinski definition) is 3. The lowest BCUT2D eigenvalue weighted by Crippen LogP contribution is -2.47. The van der Waals surface area contributed by atoms with E-state index in [1.807, 2.05) is 12.2 Å². The fourth-order valence-corrected chi connectivity index (χ4v) is 1.85. The molecule has 1 heterocycles. The minimum absolute atomic E-state index is 0.0128. The number of carbonyl (C=O) groups is 2. The van der Waals surface area contributed by atoms with Crippen molar-refractivity contribution in [2.75, 3.05) is 6.61 Å². The number of aliphatic carboxylic acids is 1. The van der Waals surface area contributed by atoms with Crippen LogP contribution in [0.5, 0.6) is 0 Å². The van der Waals surface area contributed by atoms with E-state index in [1.54, 1.807) is 0 Å². The van der Waals surface area contributed by atoms with Gasteiger partial charge in [-0.15, -0.1) is 0 Å². The van der Waals surface area contributed by atoms with E-state index in [4.69, 9.17) is 14.9 Å². The van der Waals surface area contributed by atoms with Gasteiger partial charge in [0, 0.05) is 6.61 Å². The summed E-state index contributed by atoms with van der Waals surface area (Å²) in [5, 5.41) is 19.4. The van der Waals surface area contributed by atoms with Gasteiger partial charge in [-0.05, 0) is 25.7 Å². The molecule has 6 heteroatoms. The molecule has 0 bridgehead atoms. The Labute approximate surface area is 87.2 Å². The lowest BCUT2D eigenvalue weighted by atomic mass is 9.89. The third-order valence-corrected chi connectivity index (χ3v) is 2.54. The maximum Gasteiger partial charge on any atom is 0.405 e. The van der Waals surface area contributed by atoms with Gasteiger partial charge >= 0.3 is 12.1 Å². The van der Waals surface area contributed by atoms with E-state index in [-0.39, 0.29) is 12.0 Å². The van der Waals surface area contributed by atoms with Gasteiger partial charge in [0.1, 0.15) is 6.04 Å². The second-order valence-electron chi connectivity index (χ2n) is 3.73. The van der Waals surface area contributed by atoms with Gasteiger partial charge in [0.05, 0.1) is 6.10 Å². The molecule has 0 aromatic rings. The summed E-state index contributed by atoms with van der Waals surface area (Å²) in [5.41, 5.74) is 0. The maximum atomic E-state index is 10.9. The standard InChI is InChI=1S/C9H15NO5/c1-5-4-6(2-3-15-5)7(8(11)12)10-9(13)14/h5-7,10H,2-4H2,1H3,(H,11,12)(H,13,14). The molecular weight excluding hydrogens is 202 g/mol. The zero-order valence-corrected chi connectivity index (χ0v) is 8.47. The normalized spacial score (nSPS) is 28.1. The molecule has 0 aromatic carbocycles. The Kier molecular flexibility index (Phi) is 3.90. The van der Waals surface area contributed by atoms with Crippen molar-refractivity contribution in [2.24, 2.45) is 5.92 Å². The lowest BCUT2D eigenvalue weighted by molar-refractivity contribution is -0.142. The summed E-state index contributed by atoms with van der Waals surface area (Å²) in [7, 11) is 0. The zero-order chi connectivity index (χ0) is 11.4. The lowest BCUT2D eigenvalue weighted by Gasteiger charge is -2.30. The van der Waals surface area contributed by atoms with E-state index in [1.165, 1.54) is 0 Å². The van der Waals surface area contributed by atoms with Gasteiger partial charge in [0.25, 0.3) is 0 Å². The third-order valence-electron chi connectivity index (χ3n) is 2.54. The van der Waals surface area contributed by atoms with Gasteiger partial charge in [-0.1, -0.05) is 0 Å². The van der Waals surface area contributed by atoms with Gasteiger partial charge < -0.3 is 20.3 Å². The van der Waals surface area contributed by atoms with Crippen LogP contribution in [0, 0.1) is 5.92 Å². The predicted octanol–water partition coefficient (Wildman–Crippen LogP) is 0.522. The number of carboxylic acids is 1. The third kappa shape index (κ3) is 3.39. The molecule has 3 N–H and O–H groups in total.